The molecule has 0 bridgehead atoms. The van der Waals surface area contributed by atoms with Gasteiger partial charge in [0.25, 0.3) is 0 Å². The Morgan fingerprint density at radius 3 is 2.56 bits per heavy atom. The SMILES string of the molecule is CN(c1ccccc1F)c1ccc(Cl)cc1C#N. The maximum atomic E-state index is 13.7. The Morgan fingerprint density at radius 1 is 1.17 bits per heavy atom. The van der Waals surface area contributed by atoms with E-state index >= 15 is 0 Å². The van der Waals surface area contributed by atoms with E-state index in [4.69, 9.17) is 16.9 Å². The molecule has 0 aliphatic rings. The molecule has 0 aromatic heterocycles. The Kier molecular flexibility index (Phi) is 3.50. The van der Waals surface area contributed by atoms with Gasteiger partial charge >= 0.3 is 0 Å². The minimum absolute atomic E-state index is 0.334. The van der Waals surface area contributed by atoms with Gasteiger partial charge in [-0.25, -0.2) is 4.39 Å². The van der Waals surface area contributed by atoms with E-state index in [0.29, 0.717) is 22.0 Å². The molecule has 0 radical (unpaired) electrons. The average Bonchev–Trinajstić information content (AvgIpc) is 2.38. The first-order chi connectivity index (χ1) is 8.63. The highest BCUT2D eigenvalue weighted by atomic mass is 35.5. The first-order valence-electron chi connectivity index (χ1n) is 5.31. The fourth-order valence-corrected chi connectivity index (χ4v) is 1.92. The van der Waals surface area contributed by atoms with Crippen molar-refractivity contribution in [3.05, 3.63) is 58.9 Å². The smallest absolute Gasteiger partial charge is 0.146 e. The third-order valence-electron chi connectivity index (χ3n) is 2.65. The molecule has 2 nitrogen and oxygen atoms in total. The Bertz CT molecular complexity index is 619. The van der Waals surface area contributed by atoms with Gasteiger partial charge in [-0.05, 0) is 30.3 Å². The summed E-state index contributed by atoms with van der Waals surface area (Å²) < 4.78 is 13.7. The van der Waals surface area contributed by atoms with E-state index in [0.717, 1.165) is 0 Å². The molecular weight excluding hydrogens is 251 g/mol. The maximum absolute atomic E-state index is 13.7. The fraction of sp³-hybridized carbons (Fsp3) is 0.0714. The van der Waals surface area contributed by atoms with E-state index < -0.39 is 0 Å². The van der Waals surface area contributed by atoms with Gasteiger partial charge in [0.2, 0.25) is 0 Å². The van der Waals surface area contributed by atoms with E-state index in [2.05, 4.69) is 6.07 Å². The largest absolute Gasteiger partial charge is 0.341 e. The standard InChI is InChI=1S/C14H10ClFN2/c1-18(14-5-3-2-4-12(14)16)13-7-6-11(15)8-10(13)9-17/h2-8H,1H3. The van der Waals surface area contributed by atoms with Crippen LogP contribution in [-0.2, 0) is 0 Å². The highest BCUT2D eigenvalue weighted by molar-refractivity contribution is 6.30. The van der Waals surface area contributed by atoms with Gasteiger partial charge in [-0.15, -0.1) is 0 Å². The first kappa shape index (κ1) is 12.4. The van der Waals surface area contributed by atoms with Gasteiger partial charge in [0.15, 0.2) is 0 Å². The number of para-hydroxylation sites is 1. The molecule has 2 aromatic rings. The van der Waals surface area contributed by atoms with Gasteiger partial charge in [-0.1, -0.05) is 23.7 Å². The molecule has 0 unspecified atom stereocenters. The number of nitriles is 1. The second kappa shape index (κ2) is 5.07. The van der Waals surface area contributed by atoms with Crippen LogP contribution in [0.3, 0.4) is 0 Å². The van der Waals surface area contributed by atoms with Crippen LogP contribution in [0.1, 0.15) is 5.56 Å². The summed E-state index contributed by atoms with van der Waals surface area (Å²) >= 11 is 5.83. The van der Waals surface area contributed by atoms with E-state index in [-0.39, 0.29) is 5.82 Å². The molecule has 0 aliphatic carbocycles. The summed E-state index contributed by atoms with van der Waals surface area (Å²) in [4.78, 5) is 1.63. The van der Waals surface area contributed by atoms with Gasteiger partial charge in [-0.3, -0.25) is 0 Å². The van der Waals surface area contributed by atoms with Crippen molar-refractivity contribution >= 4 is 23.0 Å². The number of benzene rings is 2. The summed E-state index contributed by atoms with van der Waals surface area (Å²) in [6, 6.07) is 13.4. The second-order valence-electron chi connectivity index (χ2n) is 3.78. The highest BCUT2D eigenvalue weighted by Gasteiger charge is 2.12. The van der Waals surface area contributed by atoms with Crippen LogP contribution in [0.2, 0.25) is 5.02 Å². The monoisotopic (exact) mass is 260 g/mol. The number of hydrogen-bond acceptors (Lipinski definition) is 2. The lowest BCUT2D eigenvalue weighted by Gasteiger charge is -2.21. The van der Waals surface area contributed by atoms with E-state index in [9.17, 15) is 4.39 Å². The van der Waals surface area contributed by atoms with Crippen molar-refractivity contribution in [2.75, 3.05) is 11.9 Å². The van der Waals surface area contributed by atoms with Crippen molar-refractivity contribution in [1.29, 1.82) is 5.26 Å². The number of nitrogens with zero attached hydrogens (tertiary/aromatic N) is 2. The van der Waals surface area contributed by atoms with Crippen LogP contribution in [0, 0.1) is 17.1 Å². The van der Waals surface area contributed by atoms with Gasteiger partial charge in [0.1, 0.15) is 11.9 Å². The van der Waals surface area contributed by atoms with Crippen LogP contribution < -0.4 is 4.90 Å². The number of rotatable bonds is 2. The average molecular weight is 261 g/mol. The molecule has 0 saturated carbocycles. The summed E-state index contributed by atoms with van der Waals surface area (Å²) in [6.07, 6.45) is 0. The van der Waals surface area contributed by atoms with Gasteiger partial charge in [-0.2, -0.15) is 5.26 Å². The van der Waals surface area contributed by atoms with Gasteiger partial charge in [0, 0.05) is 12.1 Å². The lowest BCUT2D eigenvalue weighted by atomic mass is 10.1. The topological polar surface area (TPSA) is 27.0 Å². The van der Waals surface area contributed by atoms with Crippen molar-refractivity contribution in [1.82, 2.24) is 0 Å². The molecular formula is C14H10ClFN2. The Morgan fingerprint density at radius 2 is 1.89 bits per heavy atom. The summed E-state index contributed by atoms with van der Waals surface area (Å²) in [5.74, 6) is -0.334. The third kappa shape index (κ3) is 2.29. The predicted octanol–water partition coefficient (Wildman–Crippen LogP) is 4.12. The van der Waals surface area contributed by atoms with Crippen LogP contribution in [0.4, 0.5) is 15.8 Å². The van der Waals surface area contributed by atoms with E-state index in [1.54, 1.807) is 48.3 Å². The quantitative estimate of drug-likeness (QED) is 0.812. The lowest BCUT2D eigenvalue weighted by Crippen LogP contribution is -2.12. The molecule has 2 rings (SSSR count). The van der Waals surface area contributed by atoms with Crippen molar-refractivity contribution < 1.29 is 4.39 Å². The van der Waals surface area contributed by atoms with Gasteiger partial charge in [0.05, 0.1) is 16.9 Å². The zero-order valence-electron chi connectivity index (χ0n) is 9.69. The highest BCUT2D eigenvalue weighted by Crippen LogP contribution is 2.30. The normalized spacial score (nSPS) is 9.89. The molecule has 4 heteroatoms. The molecule has 18 heavy (non-hydrogen) atoms. The molecule has 0 fully saturated rings. The molecule has 90 valence electrons. The van der Waals surface area contributed by atoms with Gasteiger partial charge < -0.3 is 4.90 Å². The van der Waals surface area contributed by atoms with Crippen molar-refractivity contribution in [3.63, 3.8) is 0 Å². The Balaban J connectivity index is 2.50. The van der Waals surface area contributed by atoms with E-state index in [1.165, 1.54) is 6.07 Å². The van der Waals surface area contributed by atoms with Crippen molar-refractivity contribution in [3.8, 4) is 6.07 Å². The minimum Gasteiger partial charge on any atom is -0.341 e. The molecule has 2 aromatic carbocycles. The number of hydrogen-bond donors (Lipinski definition) is 0. The molecule has 0 amide bonds. The molecule has 0 saturated heterocycles. The Hall–Kier alpha value is -2.05. The van der Waals surface area contributed by atoms with Crippen LogP contribution in [-0.4, -0.2) is 7.05 Å². The zero-order valence-corrected chi connectivity index (χ0v) is 10.4. The van der Waals surface area contributed by atoms with Crippen molar-refractivity contribution in [2.24, 2.45) is 0 Å². The first-order valence-corrected chi connectivity index (χ1v) is 5.69. The summed E-state index contributed by atoms with van der Waals surface area (Å²) in [5.41, 5.74) is 1.44. The van der Waals surface area contributed by atoms with Crippen LogP contribution in [0.15, 0.2) is 42.5 Å². The molecule has 0 aliphatic heterocycles. The summed E-state index contributed by atoms with van der Waals surface area (Å²) in [5, 5.41) is 9.56. The van der Waals surface area contributed by atoms with Crippen LogP contribution in [0.5, 0.6) is 0 Å². The fourth-order valence-electron chi connectivity index (χ4n) is 1.74. The van der Waals surface area contributed by atoms with Crippen LogP contribution in [0.25, 0.3) is 0 Å². The van der Waals surface area contributed by atoms with Crippen LogP contribution >= 0.6 is 11.6 Å². The predicted molar refractivity (Wildman–Crippen MR) is 70.6 cm³/mol. The van der Waals surface area contributed by atoms with E-state index in [1.807, 2.05) is 0 Å². The molecule has 0 atom stereocenters. The lowest BCUT2D eigenvalue weighted by molar-refractivity contribution is 0.627. The van der Waals surface area contributed by atoms with Crippen molar-refractivity contribution in [2.45, 2.75) is 0 Å². The molecule has 0 spiro atoms. The minimum atomic E-state index is -0.334. The number of halogens is 2. The zero-order chi connectivity index (χ0) is 13.1. The molecule has 0 heterocycles. The maximum Gasteiger partial charge on any atom is 0.146 e. The Labute approximate surface area is 110 Å². The summed E-state index contributed by atoms with van der Waals surface area (Å²) in [7, 11) is 1.71. The summed E-state index contributed by atoms with van der Waals surface area (Å²) in [6.45, 7) is 0. The third-order valence-corrected chi connectivity index (χ3v) is 2.89. The molecule has 0 N–H and O–H groups in total. The second-order valence-corrected chi connectivity index (χ2v) is 4.22. The number of anilines is 2.